The number of alkyl halides is 2. The number of urea groups is 1. The molecule has 0 spiro atoms. The number of para-hydroxylation sites is 1. The molecule has 21 heavy (non-hydrogen) atoms. The van der Waals surface area contributed by atoms with Crippen LogP contribution in [0.3, 0.4) is 0 Å². The van der Waals surface area contributed by atoms with Crippen LogP contribution >= 0.6 is 0 Å². The maximum Gasteiger partial charge on any atom is 0.387 e. The molecule has 0 aliphatic carbocycles. The van der Waals surface area contributed by atoms with E-state index in [4.69, 9.17) is 0 Å². The number of carbonyl (C=O) groups excluding carboxylic acids is 2. The van der Waals surface area contributed by atoms with Crippen molar-refractivity contribution in [2.75, 3.05) is 25.6 Å². The average molecular weight is 299 g/mol. The van der Waals surface area contributed by atoms with Crippen LogP contribution in [-0.4, -0.2) is 48.6 Å². The van der Waals surface area contributed by atoms with Gasteiger partial charge in [0.2, 0.25) is 5.91 Å². The predicted octanol–water partition coefficient (Wildman–Crippen LogP) is 1.86. The SMILES string of the molecule is Cc1cccc(OC(F)F)c1NC(=O)N1CC(=O)N(C)C1. The van der Waals surface area contributed by atoms with Gasteiger partial charge >= 0.3 is 12.6 Å². The zero-order valence-corrected chi connectivity index (χ0v) is 11.6. The highest BCUT2D eigenvalue weighted by Crippen LogP contribution is 2.29. The van der Waals surface area contributed by atoms with Crippen LogP contribution in [0.4, 0.5) is 19.3 Å². The normalized spacial score (nSPS) is 14.8. The fourth-order valence-electron chi connectivity index (χ4n) is 1.99. The number of hydrogen-bond acceptors (Lipinski definition) is 3. The molecule has 0 bridgehead atoms. The lowest BCUT2D eigenvalue weighted by Gasteiger charge is -2.19. The van der Waals surface area contributed by atoms with E-state index in [2.05, 4.69) is 10.1 Å². The Bertz CT molecular complexity index is 566. The molecule has 1 aromatic rings. The summed E-state index contributed by atoms with van der Waals surface area (Å²) in [5.41, 5.74) is 0.755. The van der Waals surface area contributed by atoms with Crippen molar-refractivity contribution in [2.45, 2.75) is 13.5 Å². The number of nitrogens with zero attached hydrogens (tertiary/aromatic N) is 2. The number of rotatable bonds is 3. The zero-order chi connectivity index (χ0) is 15.6. The van der Waals surface area contributed by atoms with Gasteiger partial charge in [0, 0.05) is 7.05 Å². The van der Waals surface area contributed by atoms with Crippen LogP contribution in [0.5, 0.6) is 5.75 Å². The first kappa shape index (κ1) is 15.0. The second-order valence-corrected chi connectivity index (χ2v) is 4.69. The smallest absolute Gasteiger partial charge is 0.387 e. The van der Waals surface area contributed by atoms with Gasteiger partial charge < -0.3 is 15.0 Å². The molecule has 2 rings (SSSR count). The van der Waals surface area contributed by atoms with Crippen molar-refractivity contribution in [3.05, 3.63) is 23.8 Å². The maximum absolute atomic E-state index is 12.4. The molecule has 1 aliphatic heterocycles. The Balaban J connectivity index is 2.15. The van der Waals surface area contributed by atoms with E-state index in [0.29, 0.717) is 5.56 Å². The summed E-state index contributed by atoms with van der Waals surface area (Å²) in [5, 5.41) is 2.52. The molecule has 8 heteroatoms. The molecule has 1 heterocycles. The summed E-state index contributed by atoms with van der Waals surface area (Å²) < 4.78 is 29.1. The Kier molecular flexibility index (Phi) is 4.25. The van der Waals surface area contributed by atoms with Gasteiger partial charge in [0.25, 0.3) is 0 Å². The molecule has 1 aliphatic rings. The lowest BCUT2D eigenvalue weighted by atomic mass is 10.2. The molecule has 3 amide bonds. The summed E-state index contributed by atoms with van der Waals surface area (Å²) in [7, 11) is 1.58. The van der Waals surface area contributed by atoms with Crippen molar-refractivity contribution in [1.82, 2.24) is 9.80 Å². The molecule has 1 fully saturated rings. The molecular weight excluding hydrogens is 284 g/mol. The molecule has 0 radical (unpaired) electrons. The molecule has 6 nitrogen and oxygen atoms in total. The molecule has 0 aromatic heterocycles. The van der Waals surface area contributed by atoms with Crippen molar-refractivity contribution in [2.24, 2.45) is 0 Å². The molecule has 0 atom stereocenters. The summed E-state index contributed by atoms with van der Waals surface area (Å²) in [6.45, 7) is -1.21. The number of nitrogens with one attached hydrogen (secondary N) is 1. The first-order valence-corrected chi connectivity index (χ1v) is 6.23. The number of likely N-dealkylation sites (N-methyl/N-ethyl adjacent to an activating group) is 1. The van der Waals surface area contributed by atoms with Gasteiger partial charge in [0.1, 0.15) is 12.3 Å². The highest BCUT2D eigenvalue weighted by Gasteiger charge is 2.28. The predicted molar refractivity (Wildman–Crippen MR) is 71.2 cm³/mol. The van der Waals surface area contributed by atoms with E-state index >= 15 is 0 Å². The van der Waals surface area contributed by atoms with E-state index in [1.807, 2.05) is 0 Å². The third kappa shape index (κ3) is 3.39. The van der Waals surface area contributed by atoms with Gasteiger partial charge in [-0.15, -0.1) is 0 Å². The average Bonchev–Trinajstić information content (AvgIpc) is 2.73. The molecular formula is C13H15F2N3O3. The van der Waals surface area contributed by atoms with E-state index in [1.165, 1.54) is 15.9 Å². The van der Waals surface area contributed by atoms with Gasteiger partial charge in [-0.2, -0.15) is 8.78 Å². The minimum Gasteiger partial charge on any atom is -0.433 e. The van der Waals surface area contributed by atoms with Crippen molar-refractivity contribution >= 4 is 17.6 Å². The number of benzene rings is 1. The van der Waals surface area contributed by atoms with Crippen molar-refractivity contribution in [1.29, 1.82) is 0 Å². The third-order valence-corrected chi connectivity index (χ3v) is 3.10. The number of amides is 3. The van der Waals surface area contributed by atoms with Crippen LogP contribution in [0.25, 0.3) is 0 Å². The summed E-state index contributed by atoms with van der Waals surface area (Å²) in [6, 6.07) is 4.02. The second-order valence-electron chi connectivity index (χ2n) is 4.69. The lowest BCUT2D eigenvalue weighted by molar-refractivity contribution is -0.125. The van der Waals surface area contributed by atoms with Gasteiger partial charge in [-0.05, 0) is 18.6 Å². The van der Waals surface area contributed by atoms with Gasteiger partial charge in [-0.1, -0.05) is 12.1 Å². The highest BCUT2D eigenvalue weighted by atomic mass is 19.3. The number of aryl methyl sites for hydroxylation is 1. The first-order chi connectivity index (χ1) is 9.88. The monoisotopic (exact) mass is 299 g/mol. The lowest BCUT2D eigenvalue weighted by Crippen LogP contribution is -2.34. The Labute approximate surface area is 120 Å². The first-order valence-electron chi connectivity index (χ1n) is 6.23. The summed E-state index contributed by atoms with van der Waals surface area (Å²) in [4.78, 5) is 26.2. The summed E-state index contributed by atoms with van der Waals surface area (Å²) >= 11 is 0. The fourth-order valence-corrected chi connectivity index (χ4v) is 1.99. The van der Waals surface area contributed by atoms with Gasteiger partial charge in [-0.3, -0.25) is 9.69 Å². The van der Waals surface area contributed by atoms with Gasteiger partial charge in [-0.25, -0.2) is 4.79 Å². The topological polar surface area (TPSA) is 61.9 Å². The van der Waals surface area contributed by atoms with E-state index in [9.17, 15) is 18.4 Å². The standard InChI is InChI=1S/C13H15F2N3O3/c1-8-4-3-5-9(21-12(14)15)11(8)16-13(20)18-6-10(19)17(2)7-18/h3-5,12H,6-7H2,1-2H3,(H,16,20). The van der Waals surface area contributed by atoms with Gasteiger partial charge in [0.15, 0.2) is 0 Å². The minimum atomic E-state index is -2.98. The van der Waals surface area contributed by atoms with Crippen molar-refractivity contribution in [3.8, 4) is 5.75 Å². The number of carbonyl (C=O) groups is 2. The van der Waals surface area contributed by atoms with E-state index in [1.54, 1.807) is 26.1 Å². The largest absolute Gasteiger partial charge is 0.433 e. The molecule has 1 saturated heterocycles. The number of anilines is 1. The number of hydrogen-bond donors (Lipinski definition) is 1. The van der Waals surface area contributed by atoms with Crippen LogP contribution < -0.4 is 10.1 Å². The van der Waals surface area contributed by atoms with E-state index in [0.717, 1.165) is 0 Å². The number of halogens is 2. The van der Waals surface area contributed by atoms with Crippen LogP contribution in [0.2, 0.25) is 0 Å². The van der Waals surface area contributed by atoms with Crippen molar-refractivity contribution < 1.29 is 23.1 Å². The van der Waals surface area contributed by atoms with Crippen LogP contribution in [0, 0.1) is 6.92 Å². The van der Waals surface area contributed by atoms with Crippen molar-refractivity contribution in [3.63, 3.8) is 0 Å². The fraction of sp³-hybridized carbons (Fsp3) is 0.385. The minimum absolute atomic E-state index is 0.0424. The Hall–Kier alpha value is -2.38. The highest BCUT2D eigenvalue weighted by molar-refractivity contribution is 5.95. The molecule has 114 valence electrons. The Morgan fingerprint density at radius 3 is 2.71 bits per heavy atom. The molecule has 1 N–H and O–H groups in total. The van der Waals surface area contributed by atoms with Crippen LogP contribution in [0.1, 0.15) is 5.56 Å². The maximum atomic E-state index is 12.4. The second kappa shape index (κ2) is 5.94. The van der Waals surface area contributed by atoms with Crippen LogP contribution in [-0.2, 0) is 4.79 Å². The molecule has 1 aromatic carbocycles. The Morgan fingerprint density at radius 1 is 1.43 bits per heavy atom. The molecule has 0 saturated carbocycles. The van der Waals surface area contributed by atoms with E-state index < -0.39 is 12.6 Å². The molecule has 0 unspecified atom stereocenters. The van der Waals surface area contributed by atoms with Crippen LogP contribution in [0.15, 0.2) is 18.2 Å². The summed E-state index contributed by atoms with van der Waals surface area (Å²) in [5.74, 6) is -0.295. The van der Waals surface area contributed by atoms with E-state index in [-0.39, 0.29) is 30.6 Å². The zero-order valence-electron chi connectivity index (χ0n) is 11.6. The Morgan fingerprint density at radius 2 is 2.14 bits per heavy atom. The quantitative estimate of drug-likeness (QED) is 0.926. The third-order valence-electron chi connectivity index (χ3n) is 3.10. The van der Waals surface area contributed by atoms with Gasteiger partial charge in [0.05, 0.1) is 12.4 Å². The number of ether oxygens (including phenoxy) is 1. The summed E-state index contributed by atoms with van der Waals surface area (Å²) in [6.07, 6.45) is 0.